The number of hydrogen-bond donors (Lipinski definition) is 2. The number of nitrogens with two attached hydrogens (primary N) is 1. The van der Waals surface area contributed by atoms with Gasteiger partial charge >= 0.3 is 0 Å². The predicted molar refractivity (Wildman–Crippen MR) is 52.7 cm³/mol. The minimum absolute atomic E-state index is 0.0433. The van der Waals surface area contributed by atoms with Crippen LogP contribution in [0.15, 0.2) is 0 Å². The molecule has 0 fully saturated rings. The van der Waals surface area contributed by atoms with E-state index in [2.05, 4.69) is 5.32 Å². The van der Waals surface area contributed by atoms with Crippen molar-refractivity contribution in [2.75, 3.05) is 17.6 Å². The molecule has 0 unspecified atom stereocenters. The van der Waals surface area contributed by atoms with Crippen LogP contribution in [-0.4, -0.2) is 13.0 Å². The first-order chi connectivity index (χ1) is 7.10. The maximum atomic E-state index is 11.9. The summed E-state index contributed by atoms with van der Waals surface area (Å²) in [6, 6.07) is 3.56. The zero-order chi connectivity index (χ0) is 11.4. The highest BCUT2D eigenvalue weighted by atomic mass is 32.1. The quantitative estimate of drug-likeness (QED) is 0.825. The lowest BCUT2D eigenvalue weighted by molar-refractivity contribution is 0.163. The molecule has 1 aromatic heterocycles. The molecule has 0 aliphatic rings. The molecule has 0 atom stereocenters. The number of nitrogens with zero attached hydrogens (tertiary/aromatic N) is 2. The van der Waals surface area contributed by atoms with Gasteiger partial charge in [-0.1, -0.05) is 0 Å². The summed E-state index contributed by atoms with van der Waals surface area (Å²) in [6.07, 6.45) is -2.52. The van der Waals surface area contributed by atoms with Crippen molar-refractivity contribution in [3.05, 3.63) is 10.4 Å². The minimum Gasteiger partial charge on any atom is -0.396 e. The third-order valence-corrected chi connectivity index (χ3v) is 2.64. The standard InChI is InChI=1S/C8H6F2N4S/c9-6(10)3-14-8-4(1-11)7(13)5(2-12)15-8/h6,14H,3,13H2. The largest absolute Gasteiger partial charge is 0.396 e. The minimum atomic E-state index is -2.52. The third kappa shape index (κ3) is 2.33. The van der Waals surface area contributed by atoms with E-state index in [0.717, 1.165) is 11.3 Å². The van der Waals surface area contributed by atoms with Crippen LogP contribution < -0.4 is 11.1 Å². The van der Waals surface area contributed by atoms with Crippen LogP contribution in [-0.2, 0) is 0 Å². The van der Waals surface area contributed by atoms with Crippen LogP contribution in [0.25, 0.3) is 0 Å². The molecule has 0 saturated carbocycles. The molecule has 15 heavy (non-hydrogen) atoms. The Morgan fingerprint density at radius 2 is 2.07 bits per heavy atom. The van der Waals surface area contributed by atoms with Gasteiger partial charge in [0, 0.05) is 0 Å². The lowest BCUT2D eigenvalue weighted by Gasteiger charge is -2.01. The van der Waals surface area contributed by atoms with Gasteiger partial charge in [0.15, 0.2) is 0 Å². The van der Waals surface area contributed by atoms with Crippen LogP contribution in [0.2, 0.25) is 0 Å². The Labute approximate surface area is 88.5 Å². The smallest absolute Gasteiger partial charge is 0.255 e. The van der Waals surface area contributed by atoms with Crippen molar-refractivity contribution in [1.82, 2.24) is 0 Å². The van der Waals surface area contributed by atoms with E-state index >= 15 is 0 Å². The summed E-state index contributed by atoms with van der Waals surface area (Å²) in [7, 11) is 0. The number of halogens is 2. The second-order valence-electron chi connectivity index (χ2n) is 2.54. The Balaban J connectivity index is 2.99. The second-order valence-corrected chi connectivity index (χ2v) is 3.57. The molecule has 1 aromatic rings. The van der Waals surface area contributed by atoms with Crippen LogP contribution in [0.1, 0.15) is 10.4 Å². The van der Waals surface area contributed by atoms with Gasteiger partial charge in [-0.15, -0.1) is 11.3 Å². The van der Waals surface area contributed by atoms with Crippen molar-refractivity contribution in [2.45, 2.75) is 6.43 Å². The number of anilines is 2. The van der Waals surface area contributed by atoms with Crippen LogP contribution in [0, 0.1) is 22.7 Å². The Morgan fingerprint density at radius 1 is 1.40 bits per heavy atom. The number of hydrogen-bond acceptors (Lipinski definition) is 5. The van der Waals surface area contributed by atoms with Crippen LogP contribution in [0.5, 0.6) is 0 Å². The highest BCUT2D eigenvalue weighted by molar-refractivity contribution is 7.17. The van der Waals surface area contributed by atoms with Gasteiger partial charge in [0.25, 0.3) is 6.43 Å². The summed E-state index contributed by atoms with van der Waals surface area (Å²) in [5, 5.41) is 19.9. The van der Waals surface area contributed by atoms with Gasteiger partial charge in [-0.3, -0.25) is 0 Å². The molecule has 0 radical (unpaired) electrons. The molecule has 3 N–H and O–H groups in total. The first kappa shape index (κ1) is 11.2. The number of nitrogens with one attached hydrogen (secondary N) is 1. The maximum absolute atomic E-state index is 11.9. The van der Waals surface area contributed by atoms with Crippen LogP contribution in [0.3, 0.4) is 0 Å². The number of nitriles is 2. The molecule has 0 amide bonds. The van der Waals surface area contributed by atoms with E-state index in [0.29, 0.717) is 0 Å². The lowest BCUT2D eigenvalue weighted by Crippen LogP contribution is -2.09. The zero-order valence-electron chi connectivity index (χ0n) is 7.42. The summed E-state index contributed by atoms with van der Waals surface area (Å²) in [5.74, 6) is 0. The second kappa shape index (κ2) is 4.58. The van der Waals surface area contributed by atoms with E-state index < -0.39 is 13.0 Å². The number of thiophene rings is 1. The van der Waals surface area contributed by atoms with E-state index in [1.165, 1.54) is 0 Å². The molecule has 0 spiro atoms. The predicted octanol–water partition coefficient (Wildman–Crippen LogP) is 1.75. The number of rotatable bonds is 3. The lowest BCUT2D eigenvalue weighted by atomic mass is 10.2. The van der Waals surface area contributed by atoms with Crippen molar-refractivity contribution >= 4 is 22.0 Å². The molecule has 0 saturated heterocycles. The van der Waals surface area contributed by atoms with Gasteiger partial charge < -0.3 is 11.1 Å². The summed E-state index contributed by atoms with van der Waals surface area (Å²) >= 11 is 0.900. The van der Waals surface area contributed by atoms with Crippen molar-refractivity contribution in [3.63, 3.8) is 0 Å². The Bertz CT molecular complexity index is 441. The van der Waals surface area contributed by atoms with Gasteiger partial charge in [-0.2, -0.15) is 10.5 Å². The van der Waals surface area contributed by atoms with Crippen molar-refractivity contribution in [1.29, 1.82) is 10.5 Å². The monoisotopic (exact) mass is 228 g/mol. The number of nitrogen functional groups attached to an aromatic ring is 1. The zero-order valence-corrected chi connectivity index (χ0v) is 8.24. The van der Waals surface area contributed by atoms with Crippen LogP contribution >= 0.6 is 11.3 Å². The first-order valence-electron chi connectivity index (χ1n) is 3.84. The third-order valence-electron chi connectivity index (χ3n) is 1.58. The molecular weight excluding hydrogens is 222 g/mol. The van der Waals surface area contributed by atoms with Gasteiger partial charge in [-0.25, -0.2) is 8.78 Å². The molecule has 7 heteroatoms. The van der Waals surface area contributed by atoms with Crippen molar-refractivity contribution in [2.24, 2.45) is 0 Å². The van der Waals surface area contributed by atoms with E-state index in [1.54, 1.807) is 12.1 Å². The topological polar surface area (TPSA) is 85.6 Å². The summed E-state index contributed by atoms with van der Waals surface area (Å²) < 4.78 is 23.8. The summed E-state index contributed by atoms with van der Waals surface area (Å²) in [4.78, 5) is 0.156. The Morgan fingerprint density at radius 3 is 2.53 bits per heavy atom. The van der Waals surface area contributed by atoms with Crippen LogP contribution in [0.4, 0.5) is 19.5 Å². The normalized spacial score (nSPS) is 9.67. The molecule has 1 rings (SSSR count). The van der Waals surface area contributed by atoms with Crippen molar-refractivity contribution in [3.8, 4) is 12.1 Å². The average Bonchev–Trinajstić information content (AvgIpc) is 2.51. The molecule has 0 aromatic carbocycles. The SMILES string of the molecule is N#Cc1sc(NCC(F)F)c(C#N)c1N. The maximum Gasteiger partial charge on any atom is 0.255 e. The summed E-state index contributed by atoms with van der Waals surface area (Å²) in [6.45, 7) is -0.570. The molecule has 0 aliphatic carbocycles. The Kier molecular flexibility index (Phi) is 3.42. The fraction of sp³-hybridized carbons (Fsp3) is 0.250. The fourth-order valence-corrected chi connectivity index (χ4v) is 1.81. The molecule has 4 nitrogen and oxygen atoms in total. The highest BCUT2D eigenvalue weighted by Gasteiger charge is 2.16. The van der Waals surface area contributed by atoms with Gasteiger partial charge in [0.1, 0.15) is 27.6 Å². The molecule has 1 heterocycles. The fourth-order valence-electron chi connectivity index (χ4n) is 0.932. The number of alkyl halides is 2. The molecule has 0 bridgehead atoms. The van der Waals surface area contributed by atoms with Crippen molar-refractivity contribution < 1.29 is 8.78 Å². The van der Waals surface area contributed by atoms with Gasteiger partial charge in [0.05, 0.1) is 12.2 Å². The summed E-state index contributed by atoms with van der Waals surface area (Å²) in [5.41, 5.74) is 5.57. The van der Waals surface area contributed by atoms with E-state index in [4.69, 9.17) is 16.3 Å². The molecular formula is C8H6F2N4S. The Hall–Kier alpha value is -1.86. The van der Waals surface area contributed by atoms with E-state index in [9.17, 15) is 8.78 Å². The van der Waals surface area contributed by atoms with E-state index in [1.807, 2.05) is 0 Å². The van der Waals surface area contributed by atoms with Gasteiger partial charge in [0.2, 0.25) is 0 Å². The van der Waals surface area contributed by atoms with Gasteiger partial charge in [-0.05, 0) is 0 Å². The molecule has 0 aliphatic heterocycles. The molecule has 78 valence electrons. The highest BCUT2D eigenvalue weighted by Crippen LogP contribution is 2.34. The van der Waals surface area contributed by atoms with E-state index in [-0.39, 0.29) is 21.1 Å². The average molecular weight is 228 g/mol. The first-order valence-corrected chi connectivity index (χ1v) is 4.66.